The van der Waals surface area contributed by atoms with Gasteiger partial charge in [0.25, 0.3) is 5.91 Å². The summed E-state index contributed by atoms with van der Waals surface area (Å²) in [4.78, 5) is 30.5. The first-order valence-corrected chi connectivity index (χ1v) is 8.16. The van der Waals surface area contributed by atoms with Gasteiger partial charge in [-0.1, -0.05) is 29.8 Å². The Labute approximate surface area is 162 Å². The number of halogens is 2. The lowest BCUT2D eigenvalue weighted by atomic mass is 10.2. The normalized spacial score (nSPS) is 10.2. The SMILES string of the molecule is O=C(NNc1ncnc(Nc2ccc(F)c(Cl)c2)c1[N+](=O)[O-])c1ccccc1. The molecule has 9 nitrogen and oxygen atoms in total. The van der Waals surface area contributed by atoms with Crippen LogP contribution in [0.25, 0.3) is 0 Å². The number of carbonyl (C=O) groups is 1. The second kappa shape index (κ2) is 8.27. The molecule has 1 amide bonds. The Hall–Kier alpha value is -3.79. The number of amides is 1. The predicted octanol–water partition coefficient (Wildman–Crippen LogP) is 3.68. The third-order valence-corrected chi connectivity index (χ3v) is 3.81. The van der Waals surface area contributed by atoms with E-state index in [-0.39, 0.29) is 22.3 Å². The number of carbonyl (C=O) groups excluding carboxylic acids is 1. The molecule has 0 radical (unpaired) electrons. The molecule has 3 N–H and O–H groups in total. The molecule has 1 aromatic heterocycles. The van der Waals surface area contributed by atoms with Crippen molar-refractivity contribution in [2.24, 2.45) is 0 Å². The summed E-state index contributed by atoms with van der Waals surface area (Å²) in [7, 11) is 0. The van der Waals surface area contributed by atoms with Gasteiger partial charge >= 0.3 is 5.69 Å². The summed E-state index contributed by atoms with van der Waals surface area (Å²) in [6.07, 6.45) is 1.07. The van der Waals surface area contributed by atoms with Gasteiger partial charge in [0.1, 0.15) is 12.1 Å². The van der Waals surface area contributed by atoms with E-state index in [0.29, 0.717) is 5.56 Å². The number of nitro groups is 1. The highest BCUT2D eigenvalue weighted by molar-refractivity contribution is 6.31. The second-order valence-electron chi connectivity index (χ2n) is 5.38. The fourth-order valence-electron chi connectivity index (χ4n) is 2.22. The molecule has 0 aliphatic carbocycles. The minimum atomic E-state index is -0.718. The third-order valence-electron chi connectivity index (χ3n) is 3.52. The van der Waals surface area contributed by atoms with Gasteiger partial charge < -0.3 is 5.32 Å². The van der Waals surface area contributed by atoms with Gasteiger partial charge in [-0.15, -0.1) is 0 Å². The van der Waals surface area contributed by atoms with Gasteiger partial charge in [-0.3, -0.25) is 25.8 Å². The molecular weight excluding hydrogens is 391 g/mol. The minimum Gasteiger partial charge on any atom is -0.334 e. The lowest BCUT2D eigenvalue weighted by molar-refractivity contribution is -0.383. The molecule has 0 bridgehead atoms. The van der Waals surface area contributed by atoms with E-state index >= 15 is 0 Å². The van der Waals surface area contributed by atoms with Crippen LogP contribution in [0.3, 0.4) is 0 Å². The van der Waals surface area contributed by atoms with Gasteiger partial charge in [0.2, 0.25) is 11.6 Å². The summed E-state index contributed by atoms with van der Waals surface area (Å²) in [5.74, 6) is -1.54. The lowest BCUT2D eigenvalue weighted by Gasteiger charge is -2.11. The molecule has 2 aromatic carbocycles. The number of nitrogens with zero attached hydrogens (tertiary/aromatic N) is 3. The highest BCUT2D eigenvalue weighted by atomic mass is 35.5. The molecule has 1 heterocycles. The number of benzene rings is 2. The van der Waals surface area contributed by atoms with E-state index in [2.05, 4.69) is 26.1 Å². The lowest BCUT2D eigenvalue weighted by Crippen LogP contribution is -2.30. The number of hydrogen-bond donors (Lipinski definition) is 3. The zero-order valence-electron chi connectivity index (χ0n) is 14.0. The van der Waals surface area contributed by atoms with Crippen LogP contribution < -0.4 is 16.2 Å². The minimum absolute atomic E-state index is 0.157. The molecule has 0 aliphatic rings. The standard InChI is InChI=1S/C17H12ClFN6O3/c18-12-8-11(6-7-13(12)19)22-15-14(25(27)28)16(21-9-20-15)23-24-17(26)10-4-2-1-3-5-10/h1-9H,(H,24,26)(H2,20,21,22,23). The summed E-state index contributed by atoms with van der Waals surface area (Å²) in [5.41, 5.74) is 4.88. The zero-order chi connectivity index (χ0) is 20.1. The van der Waals surface area contributed by atoms with E-state index in [9.17, 15) is 19.3 Å². The van der Waals surface area contributed by atoms with Gasteiger partial charge in [0.05, 0.1) is 9.95 Å². The Morgan fingerprint density at radius 1 is 1.11 bits per heavy atom. The average Bonchev–Trinajstić information content (AvgIpc) is 2.69. The zero-order valence-corrected chi connectivity index (χ0v) is 14.8. The van der Waals surface area contributed by atoms with Gasteiger partial charge in [-0.25, -0.2) is 14.4 Å². The molecule has 0 saturated carbocycles. The Bertz CT molecular complexity index is 1030. The Morgan fingerprint density at radius 2 is 1.82 bits per heavy atom. The van der Waals surface area contributed by atoms with Crippen LogP contribution >= 0.6 is 11.6 Å². The highest BCUT2D eigenvalue weighted by Crippen LogP contribution is 2.31. The van der Waals surface area contributed by atoms with E-state index in [1.807, 2.05) is 0 Å². The molecule has 3 aromatic rings. The quantitative estimate of drug-likeness (QED) is 0.424. The van der Waals surface area contributed by atoms with Crippen LogP contribution in [0.15, 0.2) is 54.9 Å². The predicted molar refractivity (Wildman–Crippen MR) is 101 cm³/mol. The molecule has 11 heteroatoms. The van der Waals surface area contributed by atoms with E-state index in [1.54, 1.807) is 30.3 Å². The molecule has 0 unspecified atom stereocenters. The number of nitrogens with one attached hydrogen (secondary N) is 3. The van der Waals surface area contributed by atoms with Crippen molar-refractivity contribution in [3.63, 3.8) is 0 Å². The van der Waals surface area contributed by atoms with E-state index in [1.165, 1.54) is 12.1 Å². The fraction of sp³-hybridized carbons (Fsp3) is 0. The molecule has 0 aliphatic heterocycles. The maximum Gasteiger partial charge on any atom is 0.355 e. The highest BCUT2D eigenvalue weighted by Gasteiger charge is 2.24. The van der Waals surface area contributed by atoms with Crippen LogP contribution in [0.2, 0.25) is 5.02 Å². The van der Waals surface area contributed by atoms with Crippen molar-refractivity contribution >= 4 is 40.5 Å². The molecule has 0 atom stereocenters. The molecule has 0 fully saturated rings. The van der Waals surface area contributed by atoms with Crippen molar-refractivity contribution in [3.8, 4) is 0 Å². The molecule has 28 heavy (non-hydrogen) atoms. The molecular formula is C17H12ClFN6O3. The first kappa shape index (κ1) is 19.0. The van der Waals surface area contributed by atoms with Crippen molar-refractivity contribution < 1.29 is 14.1 Å². The Morgan fingerprint density at radius 3 is 2.50 bits per heavy atom. The molecule has 0 saturated heterocycles. The van der Waals surface area contributed by atoms with E-state index in [0.717, 1.165) is 12.4 Å². The van der Waals surface area contributed by atoms with Crippen LogP contribution in [0.1, 0.15) is 10.4 Å². The summed E-state index contributed by atoms with van der Waals surface area (Å²) < 4.78 is 13.3. The summed E-state index contributed by atoms with van der Waals surface area (Å²) in [5, 5.41) is 14.0. The number of hydrazine groups is 1. The second-order valence-corrected chi connectivity index (χ2v) is 5.78. The van der Waals surface area contributed by atoms with Gasteiger partial charge in [0.15, 0.2) is 0 Å². The number of aromatic nitrogens is 2. The average molecular weight is 403 g/mol. The van der Waals surface area contributed by atoms with Crippen molar-refractivity contribution in [2.45, 2.75) is 0 Å². The maximum atomic E-state index is 13.3. The van der Waals surface area contributed by atoms with Gasteiger partial charge in [-0.2, -0.15) is 0 Å². The summed E-state index contributed by atoms with van der Waals surface area (Å²) >= 11 is 5.71. The summed E-state index contributed by atoms with van der Waals surface area (Å²) in [6, 6.07) is 12.0. The Balaban J connectivity index is 1.84. The first-order valence-electron chi connectivity index (χ1n) is 7.78. The topological polar surface area (TPSA) is 122 Å². The largest absolute Gasteiger partial charge is 0.355 e. The van der Waals surface area contributed by atoms with Gasteiger partial charge in [-0.05, 0) is 30.3 Å². The fourth-order valence-corrected chi connectivity index (χ4v) is 2.40. The van der Waals surface area contributed by atoms with E-state index in [4.69, 9.17) is 11.6 Å². The Kier molecular flexibility index (Phi) is 5.61. The van der Waals surface area contributed by atoms with E-state index < -0.39 is 22.3 Å². The van der Waals surface area contributed by atoms with Crippen LogP contribution in [-0.4, -0.2) is 20.8 Å². The third kappa shape index (κ3) is 4.30. The first-order chi connectivity index (χ1) is 13.5. The smallest absolute Gasteiger partial charge is 0.334 e. The molecule has 0 spiro atoms. The van der Waals surface area contributed by atoms with Crippen molar-refractivity contribution in [2.75, 3.05) is 10.7 Å². The number of rotatable bonds is 6. The monoisotopic (exact) mass is 402 g/mol. The van der Waals surface area contributed by atoms with Crippen LogP contribution in [0.4, 0.5) is 27.4 Å². The number of hydrogen-bond acceptors (Lipinski definition) is 7. The van der Waals surface area contributed by atoms with Gasteiger partial charge in [0, 0.05) is 11.3 Å². The van der Waals surface area contributed by atoms with Crippen molar-refractivity contribution in [1.29, 1.82) is 0 Å². The van der Waals surface area contributed by atoms with Crippen LogP contribution in [0, 0.1) is 15.9 Å². The molecule has 3 rings (SSSR count). The molecule has 142 valence electrons. The number of anilines is 3. The maximum absolute atomic E-state index is 13.3. The van der Waals surface area contributed by atoms with Crippen LogP contribution in [0.5, 0.6) is 0 Å². The van der Waals surface area contributed by atoms with Crippen molar-refractivity contribution in [1.82, 2.24) is 15.4 Å². The van der Waals surface area contributed by atoms with Crippen molar-refractivity contribution in [3.05, 3.63) is 81.4 Å². The van der Waals surface area contributed by atoms with Crippen LogP contribution in [-0.2, 0) is 0 Å². The summed E-state index contributed by atoms with van der Waals surface area (Å²) in [6.45, 7) is 0.